The number of aromatic amines is 1. The van der Waals surface area contributed by atoms with Crippen molar-refractivity contribution in [3.63, 3.8) is 0 Å². The van der Waals surface area contributed by atoms with Crippen LogP contribution < -0.4 is 9.47 Å². The molecule has 0 radical (unpaired) electrons. The van der Waals surface area contributed by atoms with Crippen molar-refractivity contribution in [1.29, 1.82) is 0 Å². The molecule has 158 valence electrons. The SMILES string of the molecule is COc1cccc(CCN2CCN(C(=O)c3c(C)[nH]c4ccc(OC)cc34)CC2)c1. The summed E-state index contributed by atoms with van der Waals surface area (Å²) in [5.74, 6) is 1.76. The lowest BCUT2D eigenvalue weighted by molar-refractivity contribution is 0.0640. The molecule has 0 atom stereocenters. The van der Waals surface area contributed by atoms with Gasteiger partial charge in [-0.1, -0.05) is 12.1 Å². The van der Waals surface area contributed by atoms with E-state index in [1.165, 1.54) is 5.56 Å². The number of aryl methyl sites for hydroxylation is 1. The zero-order chi connectivity index (χ0) is 21.1. The highest BCUT2D eigenvalue weighted by Crippen LogP contribution is 2.27. The zero-order valence-corrected chi connectivity index (χ0v) is 17.9. The first kappa shape index (κ1) is 20.3. The predicted molar refractivity (Wildman–Crippen MR) is 119 cm³/mol. The summed E-state index contributed by atoms with van der Waals surface area (Å²) >= 11 is 0. The minimum absolute atomic E-state index is 0.0967. The lowest BCUT2D eigenvalue weighted by Crippen LogP contribution is -2.49. The van der Waals surface area contributed by atoms with E-state index in [-0.39, 0.29) is 5.91 Å². The van der Waals surface area contributed by atoms with E-state index in [2.05, 4.69) is 22.0 Å². The average molecular weight is 408 g/mol. The number of fused-ring (bicyclic) bond motifs is 1. The Hall–Kier alpha value is -2.99. The summed E-state index contributed by atoms with van der Waals surface area (Å²) < 4.78 is 10.7. The second-order valence-electron chi connectivity index (χ2n) is 7.77. The number of piperazine rings is 1. The number of benzene rings is 2. The van der Waals surface area contributed by atoms with Gasteiger partial charge >= 0.3 is 0 Å². The summed E-state index contributed by atoms with van der Waals surface area (Å²) in [6.45, 7) is 6.21. The summed E-state index contributed by atoms with van der Waals surface area (Å²) in [7, 11) is 3.34. The molecule has 1 N–H and O–H groups in total. The first-order valence-corrected chi connectivity index (χ1v) is 10.4. The Morgan fingerprint density at radius 2 is 1.73 bits per heavy atom. The maximum Gasteiger partial charge on any atom is 0.256 e. The van der Waals surface area contributed by atoms with E-state index in [9.17, 15) is 4.79 Å². The van der Waals surface area contributed by atoms with Gasteiger partial charge in [-0.15, -0.1) is 0 Å². The molecule has 1 fully saturated rings. The quantitative estimate of drug-likeness (QED) is 0.680. The first-order valence-electron chi connectivity index (χ1n) is 10.4. The van der Waals surface area contributed by atoms with E-state index in [0.717, 1.165) is 72.8 Å². The number of nitrogens with one attached hydrogen (secondary N) is 1. The minimum atomic E-state index is 0.0967. The van der Waals surface area contributed by atoms with E-state index < -0.39 is 0 Å². The summed E-state index contributed by atoms with van der Waals surface area (Å²) in [6, 6.07) is 14.0. The third-order valence-corrected chi connectivity index (χ3v) is 5.92. The molecule has 3 aromatic rings. The standard InChI is InChI=1S/C24H29N3O3/c1-17-23(21-16-20(30-3)7-8-22(21)25-17)24(28)27-13-11-26(12-14-27)10-9-18-5-4-6-19(15-18)29-2/h4-8,15-16,25H,9-14H2,1-3H3. The fourth-order valence-electron chi connectivity index (χ4n) is 4.16. The molecule has 4 rings (SSSR count). The highest BCUT2D eigenvalue weighted by atomic mass is 16.5. The third kappa shape index (κ3) is 4.14. The van der Waals surface area contributed by atoms with Crippen molar-refractivity contribution in [2.24, 2.45) is 0 Å². The van der Waals surface area contributed by atoms with Crippen molar-refractivity contribution < 1.29 is 14.3 Å². The number of carbonyl (C=O) groups excluding carboxylic acids is 1. The molecule has 1 saturated heterocycles. The highest BCUT2D eigenvalue weighted by Gasteiger charge is 2.25. The Morgan fingerprint density at radius 3 is 2.47 bits per heavy atom. The van der Waals surface area contributed by atoms with Crippen LogP contribution in [0.1, 0.15) is 21.6 Å². The third-order valence-electron chi connectivity index (χ3n) is 5.92. The van der Waals surface area contributed by atoms with Gasteiger partial charge in [0, 0.05) is 49.3 Å². The number of amides is 1. The second kappa shape index (κ2) is 8.79. The molecule has 0 spiro atoms. The van der Waals surface area contributed by atoms with Crippen LogP contribution in [0.5, 0.6) is 11.5 Å². The normalized spacial score (nSPS) is 14.8. The van der Waals surface area contributed by atoms with Crippen molar-refractivity contribution >= 4 is 16.8 Å². The van der Waals surface area contributed by atoms with Crippen molar-refractivity contribution in [1.82, 2.24) is 14.8 Å². The van der Waals surface area contributed by atoms with Gasteiger partial charge in [-0.05, 0) is 49.2 Å². The largest absolute Gasteiger partial charge is 0.497 e. The number of ether oxygens (including phenoxy) is 2. The monoisotopic (exact) mass is 407 g/mol. The number of methoxy groups -OCH3 is 2. The van der Waals surface area contributed by atoms with Crippen LogP contribution >= 0.6 is 0 Å². The van der Waals surface area contributed by atoms with E-state index in [1.807, 2.05) is 42.2 Å². The topological polar surface area (TPSA) is 57.8 Å². The molecule has 2 heterocycles. The average Bonchev–Trinajstić information content (AvgIpc) is 3.12. The van der Waals surface area contributed by atoms with Gasteiger partial charge in [-0.25, -0.2) is 0 Å². The van der Waals surface area contributed by atoms with Gasteiger partial charge in [0.05, 0.1) is 19.8 Å². The maximum atomic E-state index is 13.3. The minimum Gasteiger partial charge on any atom is -0.497 e. The highest BCUT2D eigenvalue weighted by molar-refractivity contribution is 6.08. The fourth-order valence-corrected chi connectivity index (χ4v) is 4.16. The lowest BCUT2D eigenvalue weighted by atomic mass is 10.1. The van der Waals surface area contributed by atoms with Gasteiger partial charge in [0.2, 0.25) is 0 Å². The molecule has 1 amide bonds. The molecule has 0 saturated carbocycles. The zero-order valence-electron chi connectivity index (χ0n) is 17.9. The number of hydrogen-bond donors (Lipinski definition) is 1. The molecule has 2 aromatic carbocycles. The van der Waals surface area contributed by atoms with Gasteiger partial charge in [0.1, 0.15) is 11.5 Å². The Kier molecular flexibility index (Phi) is 5.95. The molecule has 6 nitrogen and oxygen atoms in total. The molecule has 6 heteroatoms. The molecule has 0 aliphatic carbocycles. The molecule has 0 unspecified atom stereocenters. The van der Waals surface area contributed by atoms with Crippen LogP contribution in [0, 0.1) is 6.92 Å². The molecular weight excluding hydrogens is 378 g/mol. The van der Waals surface area contributed by atoms with Crippen LogP contribution in [0.25, 0.3) is 10.9 Å². The Bertz CT molecular complexity index is 1040. The number of aromatic nitrogens is 1. The Morgan fingerprint density at radius 1 is 1.00 bits per heavy atom. The predicted octanol–water partition coefficient (Wildman–Crippen LogP) is 3.49. The van der Waals surface area contributed by atoms with Crippen LogP contribution in [0.3, 0.4) is 0 Å². The number of carbonyl (C=O) groups is 1. The van der Waals surface area contributed by atoms with Gasteiger partial charge < -0.3 is 19.4 Å². The molecule has 30 heavy (non-hydrogen) atoms. The summed E-state index contributed by atoms with van der Waals surface area (Å²) in [5, 5.41) is 0.928. The second-order valence-corrected chi connectivity index (χ2v) is 7.77. The van der Waals surface area contributed by atoms with Crippen LogP contribution in [0.15, 0.2) is 42.5 Å². The van der Waals surface area contributed by atoms with E-state index in [0.29, 0.717) is 0 Å². The van der Waals surface area contributed by atoms with Crippen LogP contribution in [-0.2, 0) is 6.42 Å². The molecule has 1 aliphatic rings. The molecular formula is C24H29N3O3. The van der Waals surface area contributed by atoms with Crippen molar-refractivity contribution in [3.05, 3.63) is 59.3 Å². The number of hydrogen-bond acceptors (Lipinski definition) is 4. The molecule has 0 bridgehead atoms. The number of rotatable bonds is 6. The van der Waals surface area contributed by atoms with E-state index in [4.69, 9.17) is 9.47 Å². The smallest absolute Gasteiger partial charge is 0.256 e. The summed E-state index contributed by atoms with van der Waals surface area (Å²) in [6.07, 6.45) is 0.979. The Labute approximate surface area is 177 Å². The first-order chi connectivity index (χ1) is 14.6. The van der Waals surface area contributed by atoms with Gasteiger partial charge in [0.15, 0.2) is 0 Å². The van der Waals surface area contributed by atoms with Crippen LogP contribution in [0.2, 0.25) is 0 Å². The Balaban J connectivity index is 1.39. The summed E-state index contributed by atoms with van der Waals surface area (Å²) in [5.41, 5.74) is 3.90. The maximum absolute atomic E-state index is 13.3. The number of nitrogens with zero attached hydrogens (tertiary/aromatic N) is 2. The van der Waals surface area contributed by atoms with Gasteiger partial charge in [-0.2, -0.15) is 0 Å². The van der Waals surface area contributed by atoms with Crippen molar-refractivity contribution in [2.45, 2.75) is 13.3 Å². The van der Waals surface area contributed by atoms with Gasteiger partial charge in [0.25, 0.3) is 5.91 Å². The van der Waals surface area contributed by atoms with Crippen molar-refractivity contribution in [3.8, 4) is 11.5 Å². The molecule has 1 aliphatic heterocycles. The summed E-state index contributed by atoms with van der Waals surface area (Å²) in [4.78, 5) is 21.0. The number of H-pyrrole nitrogens is 1. The van der Waals surface area contributed by atoms with E-state index in [1.54, 1.807) is 14.2 Å². The molecule has 1 aromatic heterocycles. The fraction of sp³-hybridized carbons (Fsp3) is 0.375. The van der Waals surface area contributed by atoms with Crippen molar-refractivity contribution in [2.75, 3.05) is 46.9 Å². The van der Waals surface area contributed by atoms with Gasteiger partial charge in [-0.3, -0.25) is 9.69 Å². The van der Waals surface area contributed by atoms with Crippen LogP contribution in [0.4, 0.5) is 0 Å². The lowest BCUT2D eigenvalue weighted by Gasteiger charge is -2.34. The van der Waals surface area contributed by atoms with Crippen LogP contribution in [-0.4, -0.2) is 67.6 Å². The van der Waals surface area contributed by atoms with E-state index >= 15 is 0 Å².